The van der Waals surface area contributed by atoms with Crippen LogP contribution in [0.4, 0.5) is 4.39 Å². The second-order valence-electron chi connectivity index (χ2n) is 6.10. The maximum atomic E-state index is 12.9. The summed E-state index contributed by atoms with van der Waals surface area (Å²) in [4.78, 5) is 25.2. The predicted octanol–water partition coefficient (Wildman–Crippen LogP) is 2.88. The van der Waals surface area contributed by atoms with Gasteiger partial charge in [-0.25, -0.2) is 4.39 Å². The van der Waals surface area contributed by atoms with Gasteiger partial charge in [-0.1, -0.05) is 12.1 Å². The van der Waals surface area contributed by atoms with Gasteiger partial charge in [0.2, 0.25) is 5.91 Å². The monoisotopic (exact) mass is 420 g/mol. The van der Waals surface area contributed by atoms with E-state index in [4.69, 9.17) is 9.47 Å². The van der Waals surface area contributed by atoms with E-state index >= 15 is 0 Å². The Hall–Kier alpha value is -2.74. The maximum Gasteiger partial charge on any atom is 0.255 e. The van der Waals surface area contributed by atoms with Crippen LogP contribution in [0.25, 0.3) is 0 Å². The van der Waals surface area contributed by atoms with Gasteiger partial charge in [-0.3, -0.25) is 9.59 Å². The lowest BCUT2D eigenvalue weighted by Crippen LogP contribution is -2.48. The molecule has 1 unspecified atom stereocenters. The zero-order valence-corrected chi connectivity index (χ0v) is 17.3. The fraction of sp³-hybridized carbons (Fsp3) is 0.333. The van der Waals surface area contributed by atoms with Crippen molar-refractivity contribution in [1.29, 1.82) is 0 Å². The lowest BCUT2D eigenvalue weighted by atomic mass is 10.1. The summed E-state index contributed by atoms with van der Waals surface area (Å²) in [6, 6.07) is 11.8. The van der Waals surface area contributed by atoms with Gasteiger partial charge in [0.15, 0.2) is 0 Å². The number of thioether (sulfide) groups is 1. The van der Waals surface area contributed by atoms with E-state index in [1.54, 1.807) is 36.0 Å². The van der Waals surface area contributed by atoms with Crippen molar-refractivity contribution < 1.29 is 23.5 Å². The van der Waals surface area contributed by atoms with Gasteiger partial charge in [0.1, 0.15) is 30.0 Å². The van der Waals surface area contributed by atoms with Crippen LogP contribution in [0.1, 0.15) is 16.8 Å². The molecule has 0 aromatic heterocycles. The summed E-state index contributed by atoms with van der Waals surface area (Å²) in [6.45, 7) is 0.490. The lowest BCUT2D eigenvalue weighted by molar-refractivity contribution is -0.123. The van der Waals surface area contributed by atoms with Crippen LogP contribution in [0.5, 0.6) is 11.5 Å². The molecule has 2 amide bonds. The van der Waals surface area contributed by atoms with Gasteiger partial charge in [0.05, 0.1) is 19.2 Å². The van der Waals surface area contributed by atoms with Gasteiger partial charge in [0.25, 0.3) is 5.91 Å². The van der Waals surface area contributed by atoms with Crippen molar-refractivity contribution in [3.05, 3.63) is 59.9 Å². The highest BCUT2D eigenvalue weighted by molar-refractivity contribution is 7.98. The molecule has 8 heteroatoms. The van der Waals surface area contributed by atoms with Gasteiger partial charge >= 0.3 is 0 Å². The fourth-order valence-corrected chi connectivity index (χ4v) is 3.04. The smallest absolute Gasteiger partial charge is 0.255 e. The minimum Gasteiger partial charge on any atom is -0.496 e. The van der Waals surface area contributed by atoms with E-state index in [9.17, 15) is 14.0 Å². The first-order chi connectivity index (χ1) is 14.0. The number of para-hydroxylation sites is 1. The Morgan fingerprint density at radius 3 is 2.55 bits per heavy atom. The third-order valence-corrected chi connectivity index (χ3v) is 4.71. The Balaban J connectivity index is 1.89. The molecular formula is C21H25FN2O4S. The molecule has 0 bridgehead atoms. The molecule has 0 aliphatic carbocycles. The van der Waals surface area contributed by atoms with Crippen LogP contribution in [0, 0.1) is 5.82 Å². The number of amides is 2. The molecule has 0 heterocycles. The molecule has 0 aliphatic heterocycles. The molecule has 6 nitrogen and oxygen atoms in total. The topological polar surface area (TPSA) is 76.7 Å². The van der Waals surface area contributed by atoms with E-state index in [2.05, 4.69) is 10.6 Å². The first kappa shape index (κ1) is 22.5. The molecule has 0 spiro atoms. The molecule has 2 aromatic rings. The number of methoxy groups -OCH3 is 1. The van der Waals surface area contributed by atoms with E-state index in [0.717, 1.165) is 5.75 Å². The van der Waals surface area contributed by atoms with Crippen LogP contribution < -0.4 is 20.1 Å². The van der Waals surface area contributed by atoms with Crippen molar-refractivity contribution in [1.82, 2.24) is 10.6 Å². The molecule has 0 saturated heterocycles. The number of hydrogen-bond donors (Lipinski definition) is 2. The lowest BCUT2D eigenvalue weighted by Gasteiger charge is -2.19. The van der Waals surface area contributed by atoms with Gasteiger partial charge in [-0.15, -0.1) is 0 Å². The first-order valence-electron chi connectivity index (χ1n) is 9.14. The van der Waals surface area contributed by atoms with E-state index in [0.29, 0.717) is 23.5 Å². The van der Waals surface area contributed by atoms with Crippen LogP contribution in [0.3, 0.4) is 0 Å². The minimum atomic E-state index is -0.675. The van der Waals surface area contributed by atoms with Crippen molar-refractivity contribution in [3.63, 3.8) is 0 Å². The summed E-state index contributed by atoms with van der Waals surface area (Å²) >= 11 is 1.59. The molecule has 0 saturated carbocycles. The average Bonchev–Trinajstić information content (AvgIpc) is 2.75. The zero-order chi connectivity index (χ0) is 21.1. The third-order valence-electron chi connectivity index (χ3n) is 4.07. The Morgan fingerprint density at radius 2 is 1.86 bits per heavy atom. The Kier molecular flexibility index (Phi) is 9.30. The van der Waals surface area contributed by atoms with Crippen molar-refractivity contribution in [2.45, 2.75) is 12.5 Å². The van der Waals surface area contributed by atoms with Gasteiger partial charge in [-0.05, 0) is 54.8 Å². The van der Waals surface area contributed by atoms with Gasteiger partial charge in [-0.2, -0.15) is 11.8 Å². The number of ether oxygens (including phenoxy) is 2. The number of carbonyl (C=O) groups excluding carboxylic acids is 2. The molecule has 1 atom stereocenters. The zero-order valence-electron chi connectivity index (χ0n) is 16.4. The van der Waals surface area contributed by atoms with Crippen LogP contribution >= 0.6 is 11.8 Å². The number of carbonyl (C=O) groups is 2. The first-order valence-corrected chi connectivity index (χ1v) is 10.5. The minimum absolute atomic E-state index is 0.229. The van der Waals surface area contributed by atoms with Crippen molar-refractivity contribution in [2.75, 3.05) is 32.3 Å². The fourth-order valence-electron chi connectivity index (χ4n) is 2.57. The molecule has 0 radical (unpaired) electrons. The largest absolute Gasteiger partial charge is 0.496 e. The highest BCUT2D eigenvalue weighted by atomic mass is 32.2. The van der Waals surface area contributed by atoms with Crippen LogP contribution in [-0.2, 0) is 4.79 Å². The number of hydrogen-bond acceptors (Lipinski definition) is 5. The van der Waals surface area contributed by atoms with Crippen LogP contribution in [0.15, 0.2) is 48.5 Å². The van der Waals surface area contributed by atoms with Crippen LogP contribution in [0.2, 0.25) is 0 Å². The Morgan fingerprint density at radius 1 is 1.14 bits per heavy atom. The second kappa shape index (κ2) is 12.0. The molecule has 29 heavy (non-hydrogen) atoms. The summed E-state index contributed by atoms with van der Waals surface area (Å²) in [5.74, 6) is 0.686. The van der Waals surface area contributed by atoms with Crippen LogP contribution in [-0.4, -0.2) is 50.1 Å². The van der Waals surface area contributed by atoms with Crippen molar-refractivity contribution in [2.24, 2.45) is 0 Å². The number of benzene rings is 2. The molecule has 0 aliphatic rings. The summed E-state index contributed by atoms with van der Waals surface area (Å²) < 4.78 is 23.6. The van der Waals surface area contributed by atoms with Gasteiger partial charge in [0, 0.05) is 0 Å². The van der Waals surface area contributed by atoms with E-state index in [1.165, 1.54) is 31.4 Å². The molecule has 156 valence electrons. The normalized spacial score (nSPS) is 11.4. The molecule has 2 aromatic carbocycles. The maximum absolute atomic E-state index is 12.9. The molecular weight excluding hydrogens is 395 g/mol. The Labute approximate surface area is 174 Å². The van der Waals surface area contributed by atoms with E-state index in [-0.39, 0.29) is 30.8 Å². The highest BCUT2D eigenvalue weighted by Gasteiger charge is 2.22. The standard InChI is InChI=1S/C21H25FN2O4S/c1-27-19-6-4-3-5-17(19)20(25)24-18(11-14-29-2)21(26)23-12-13-28-16-9-7-15(22)8-10-16/h3-10,18H,11-14H2,1-2H3,(H,23,26)(H,24,25). The molecule has 2 N–H and O–H groups in total. The highest BCUT2D eigenvalue weighted by Crippen LogP contribution is 2.17. The second-order valence-corrected chi connectivity index (χ2v) is 7.09. The SMILES string of the molecule is COc1ccccc1C(=O)NC(CCSC)C(=O)NCCOc1ccc(F)cc1. The summed E-state index contributed by atoms with van der Waals surface area (Å²) in [6.07, 6.45) is 2.43. The third kappa shape index (κ3) is 7.30. The average molecular weight is 421 g/mol. The summed E-state index contributed by atoms with van der Waals surface area (Å²) in [5.41, 5.74) is 0.372. The van der Waals surface area contributed by atoms with E-state index < -0.39 is 6.04 Å². The predicted molar refractivity (Wildman–Crippen MR) is 112 cm³/mol. The number of halogens is 1. The molecule has 0 fully saturated rings. The number of rotatable bonds is 11. The van der Waals surface area contributed by atoms with Crippen molar-refractivity contribution in [3.8, 4) is 11.5 Å². The Bertz CT molecular complexity index is 802. The van der Waals surface area contributed by atoms with E-state index in [1.807, 2.05) is 6.26 Å². The number of nitrogens with one attached hydrogen (secondary N) is 2. The van der Waals surface area contributed by atoms with Crippen molar-refractivity contribution >= 4 is 23.6 Å². The molecule has 2 rings (SSSR count). The summed E-state index contributed by atoms with van der Waals surface area (Å²) in [7, 11) is 1.49. The summed E-state index contributed by atoms with van der Waals surface area (Å²) in [5, 5.41) is 5.55. The quantitative estimate of drug-likeness (QED) is 0.547. The van der Waals surface area contributed by atoms with Gasteiger partial charge < -0.3 is 20.1 Å².